The Balaban J connectivity index is 1.96. The Hall–Kier alpha value is -0.560. The first kappa shape index (κ1) is 11.9. The summed E-state index contributed by atoms with van der Waals surface area (Å²) in [5.74, 6) is 1.70. The van der Waals surface area contributed by atoms with Gasteiger partial charge in [-0.05, 0) is 56.3 Å². The van der Waals surface area contributed by atoms with Crippen molar-refractivity contribution in [3.05, 3.63) is 23.8 Å². The van der Waals surface area contributed by atoms with Crippen molar-refractivity contribution in [2.75, 3.05) is 6.61 Å². The lowest BCUT2D eigenvalue weighted by molar-refractivity contribution is 0.240. The van der Waals surface area contributed by atoms with Crippen LogP contribution in [0.15, 0.2) is 23.8 Å². The molecule has 0 heterocycles. The molecule has 1 nitrogen and oxygen atoms in total. The fraction of sp³-hybridized carbons (Fsp3) is 0.733. The van der Waals surface area contributed by atoms with E-state index in [-0.39, 0.29) is 6.61 Å². The van der Waals surface area contributed by atoms with Gasteiger partial charge in [0.2, 0.25) is 0 Å². The second-order valence-electron chi connectivity index (χ2n) is 5.90. The standard InChI is InChI=1S/C15H24O/c1-11(10-16)5-4-8-15(3)12(2)13-6-7-14(15)9-13/h5,13-14,16H,2,4,6-10H2,1,3H3/b11-5-/t13-,14-,15-/m0/s1. The third kappa shape index (κ3) is 1.86. The van der Waals surface area contributed by atoms with Gasteiger partial charge in [0.25, 0.3) is 0 Å². The molecule has 1 heteroatoms. The van der Waals surface area contributed by atoms with E-state index in [1.165, 1.54) is 31.3 Å². The van der Waals surface area contributed by atoms with Crippen LogP contribution in [-0.4, -0.2) is 11.7 Å². The summed E-state index contributed by atoms with van der Waals surface area (Å²) in [4.78, 5) is 0. The quantitative estimate of drug-likeness (QED) is 0.716. The molecule has 0 radical (unpaired) electrons. The molecule has 0 aromatic carbocycles. The Morgan fingerprint density at radius 1 is 1.56 bits per heavy atom. The topological polar surface area (TPSA) is 20.2 Å². The summed E-state index contributed by atoms with van der Waals surface area (Å²) in [6.07, 6.45) is 8.66. The molecule has 0 aliphatic heterocycles. The summed E-state index contributed by atoms with van der Waals surface area (Å²) in [7, 11) is 0. The molecule has 2 bridgehead atoms. The molecule has 2 saturated carbocycles. The minimum atomic E-state index is 0.198. The molecule has 2 rings (SSSR count). The highest BCUT2D eigenvalue weighted by Gasteiger charge is 2.49. The summed E-state index contributed by atoms with van der Waals surface area (Å²) >= 11 is 0. The summed E-state index contributed by atoms with van der Waals surface area (Å²) < 4.78 is 0. The van der Waals surface area contributed by atoms with Crippen LogP contribution in [0, 0.1) is 17.3 Å². The number of hydrogen-bond acceptors (Lipinski definition) is 1. The molecule has 2 fully saturated rings. The maximum absolute atomic E-state index is 8.96. The van der Waals surface area contributed by atoms with Gasteiger partial charge < -0.3 is 5.11 Å². The van der Waals surface area contributed by atoms with E-state index in [2.05, 4.69) is 19.6 Å². The Morgan fingerprint density at radius 2 is 2.31 bits per heavy atom. The van der Waals surface area contributed by atoms with E-state index < -0.39 is 0 Å². The van der Waals surface area contributed by atoms with Crippen molar-refractivity contribution in [2.45, 2.75) is 46.0 Å². The highest BCUT2D eigenvalue weighted by molar-refractivity contribution is 5.24. The number of rotatable bonds is 4. The van der Waals surface area contributed by atoms with Gasteiger partial charge in [0, 0.05) is 0 Å². The minimum Gasteiger partial charge on any atom is -0.392 e. The van der Waals surface area contributed by atoms with Gasteiger partial charge in [0.15, 0.2) is 0 Å². The molecular formula is C15H24O. The minimum absolute atomic E-state index is 0.198. The molecule has 2 aliphatic carbocycles. The van der Waals surface area contributed by atoms with E-state index in [1.54, 1.807) is 0 Å². The van der Waals surface area contributed by atoms with Crippen molar-refractivity contribution < 1.29 is 5.11 Å². The summed E-state index contributed by atoms with van der Waals surface area (Å²) in [6.45, 7) is 8.94. The van der Waals surface area contributed by atoms with Crippen molar-refractivity contribution in [1.29, 1.82) is 0 Å². The van der Waals surface area contributed by atoms with Gasteiger partial charge in [-0.15, -0.1) is 0 Å². The maximum atomic E-state index is 8.96. The largest absolute Gasteiger partial charge is 0.392 e. The Morgan fingerprint density at radius 3 is 2.88 bits per heavy atom. The zero-order valence-electron chi connectivity index (χ0n) is 10.6. The number of fused-ring (bicyclic) bond motifs is 2. The predicted molar refractivity (Wildman–Crippen MR) is 68.2 cm³/mol. The van der Waals surface area contributed by atoms with E-state index in [9.17, 15) is 0 Å². The van der Waals surface area contributed by atoms with Crippen molar-refractivity contribution in [2.24, 2.45) is 17.3 Å². The number of aliphatic hydroxyl groups excluding tert-OH is 1. The van der Waals surface area contributed by atoms with Gasteiger partial charge in [-0.1, -0.05) is 30.7 Å². The van der Waals surface area contributed by atoms with Crippen molar-refractivity contribution in [1.82, 2.24) is 0 Å². The average Bonchev–Trinajstić information content (AvgIpc) is 2.83. The fourth-order valence-electron chi connectivity index (χ4n) is 3.65. The normalized spacial score (nSPS) is 38.4. The average molecular weight is 220 g/mol. The fourth-order valence-corrected chi connectivity index (χ4v) is 3.65. The third-order valence-corrected chi connectivity index (χ3v) is 4.97. The van der Waals surface area contributed by atoms with Crippen molar-refractivity contribution in [3.63, 3.8) is 0 Å². The van der Waals surface area contributed by atoms with E-state index in [0.29, 0.717) is 5.41 Å². The zero-order valence-corrected chi connectivity index (χ0v) is 10.6. The Labute approximate surface area is 99.3 Å². The van der Waals surface area contributed by atoms with Crippen LogP contribution in [0.1, 0.15) is 46.0 Å². The second kappa shape index (κ2) is 4.37. The molecule has 0 unspecified atom stereocenters. The smallest absolute Gasteiger partial charge is 0.0639 e. The van der Waals surface area contributed by atoms with E-state index in [4.69, 9.17) is 5.11 Å². The first-order valence-corrected chi connectivity index (χ1v) is 6.53. The van der Waals surface area contributed by atoms with E-state index in [1.807, 2.05) is 6.92 Å². The lowest BCUT2D eigenvalue weighted by Crippen LogP contribution is -2.26. The van der Waals surface area contributed by atoms with Crippen LogP contribution < -0.4 is 0 Å². The van der Waals surface area contributed by atoms with Crippen LogP contribution in [-0.2, 0) is 0 Å². The molecule has 90 valence electrons. The highest BCUT2D eigenvalue weighted by Crippen LogP contribution is 2.60. The van der Waals surface area contributed by atoms with E-state index >= 15 is 0 Å². The van der Waals surface area contributed by atoms with Crippen LogP contribution in [0.3, 0.4) is 0 Å². The predicted octanol–water partition coefficient (Wildman–Crippen LogP) is 3.70. The van der Waals surface area contributed by atoms with Gasteiger partial charge in [-0.3, -0.25) is 0 Å². The molecule has 1 N–H and O–H groups in total. The Kier molecular flexibility index (Phi) is 3.25. The highest BCUT2D eigenvalue weighted by atomic mass is 16.3. The summed E-state index contributed by atoms with van der Waals surface area (Å²) in [6, 6.07) is 0. The lowest BCUT2D eigenvalue weighted by atomic mass is 9.69. The van der Waals surface area contributed by atoms with Gasteiger partial charge >= 0.3 is 0 Å². The van der Waals surface area contributed by atoms with Gasteiger partial charge in [0.1, 0.15) is 0 Å². The van der Waals surface area contributed by atoms with Crippen LogP contribution in [0.5, 0.6) is 0 Å². The molecule has 0 aromatic heterocycles. The van der Waals surface area contributed by atoms with Gasteiger partial charge in [-0.25, -0.2) is 0 Å². The van der Waals surface area contributed by atoms with Crippen LogP contribution in [0.25, 0.3) is 0 Å². The second-order valence-corrected chi connectivity index (χ2v) is 5.90. The number of hydrogen-bond donors (Lipinski definition) is 1. The zero-order chi connectivity index (χ0) is 11.8. The van der Waals surface area contributed by atoms with Crippen LogP contribution in [0.2, 0.25) is 0 Å². The third-order valence-electron chi connectivity index (χ3n) is 4.97. The first-order valence-electron chi connectivity index (χ1n) is 6.53. The molecule has 0 amide bonds. The SMILES string of the molecule is C=C1[C@H]2CC[C@@H](C2)[C@@]1(C)CC/C=C(/C)CO. The molecule has 3 atom stereocenters. The molecule has 0 spiro atoms. The monoisotopic (exact) mass is 220 g/mol. The van der Waals surface area contributed by atoms with Crippen LogP contribution >= 0.6 is 0 Å². The van der Waals surface area contributed by atoms with Gasteiger partial charge in [-0.2, -0.15) is 0 Å². The number of allylic oxidation sites excluding steroid dienone is 2. The van der Waals surface area contributed by atoms with E-state index in [0.717, 1.165) is 23.8 Å². The first-order chi connectivity index (χ1) is 7.58. The summed E-state index contributed by atoms with van der Waals surface area (Å²) in [5, 5.41) is 8.96. The van der Waals surface area contributed by atoms with Crippen LogP contribution in [0.4, 0.5) is 0 Å². The van der Waals surface area contributed by atoms with Crippen molar-refractivity contribution >= 4 is 0 Å². The molecule has 2 aliphatic rings. The molecule has 0 saturated heterocycles. The van der Waals surface area contributed by atoms with Gasteiger partial charge in [0.05, 0.1) is 6.61 Å². The molecule has 16 heavy (non-hydrogen) atoms. The molecule has 0 aromatic rings. The maximum Gasteiger partial charge on any atom is 0.0639 e. The Bertz CT molecular complexity index is 315. The summed E-state index contributed by atoms with van der Waals surface area (Å²) in [5.41, 5.74) is 2.99. The number of aliphatic hydroxyl groups is 1. The van der Waals surface area contributed by atoms with Crippen molar-refractivity contribution in [3.8, 4) is 0 Å². The lowest BCUT2D eigenvalue weighted by Gasteiger charge is -2.36. The molecular weight excluding hydrogens is 196 g/mol.